The Kier molecular flexibility index (Phi) is 11.1. The summed E-state index contributed by atoms with van der Waals surface area (Å²) in [5, 5.41) is 2.47. The van der Waals surface area contributed by atoms with E-state index in [1.54, 1.807) is 0 Å². The molecule has 10 aromatic rings. The van der Waals surface area contributed by atoms with Gasteiger partial charge in [0, 0.05) is 22.1 Å². The molecule has 0 radical (unpaired) electrons. The van der Waals surface area contributed by atoms with Crippen molar-refractivity contribution in [3.8, 4) is 66.8 Å². The maximum Gasteiger partial charge on any atom is 0.0540 e. The molecule has 1 aliphatic rings. The van der Waals surface area contributed by atoms with Gasteiger partial charge in [-0.2, -0.15) is 0 Å². The zero-order chi connectivity index (χ0) is 48.4. The fourth-order valence-corrected chi connectivity index (χ4v) is 11.0. The summed E-state index contributed by atoms with van der Waals surface area (Å²) in [6.45, 7) is 18.7. The lowest BCUT2D eigenvalue weighted by molar-refractivity contribution is 0.569. The van der Waals surface area contributed by atoms with Crippen LogP contribution in [0.15, 0.2) is 224 Å². The standard InChI is InChI=1S/C69H61N/c1-67(2,3)51-42-50(43-52(45-51)68(4,5)6)53-33-21-28-48-29-22-34-56(65(48)53)54-30-16-19-38-62(54)70(64-41-40-49(46-24-11-9-12-25-46)44-59(64)47-26-13-10-14-27-47)63-39-20-17-31-55(63)57-35-23-37-61-66(57)58-32-15-18-36-60(58)69(61,7)8/h9-45H,1-8H3. The molecule has 0 amide bonds. The lowest BCUT2D eigenvalue weighted by atomic mass is 9.78. The van der Waals surface area contributed by atoms with Crippen molar-refractivity contribution in [3.05, 3.63) is 247 Å². The smallest absolute Gasteiger partial charge is 0.0540 e. The van der Waals surface area contributed by atoms with E-state index in [-0.39, 0.29) is 16.2 Å². The van der Waals surface area contributed by atoms with Crippen LogP contribution in [-0.2, 0) is 16.2 Å². The third-order valence-corrected chi connectivity index (χ3v) is 14.8. The van der Waals surface area contributed by atoms with Crippen LogP contribution in [0.4, 0.5) is 17.1 Å². The van der Waals surface area contributed by atoms with Gasteiger partial charge in [0.2, 0.25) is 0 Å². The minimum absolute atomic E-state index is 0.0207. The molecule has 0 spiro atoms. The van der Waals surface area contributed by atoms with Gasteiger partial charge in [-0.05, 0) is 118 Å². The molecule has 0 unspecified atom stereocenters. The molecule has 0 N–H and O–H groups in total. The topological polar surface area (TPSA) is 3.24 Å². The molecular formula is C69H61N. The Morgan fingerprint density at radius 1 is 0.314 bits per heavy atom. The van der Waals surface area contributed by atoms with Gasteiger partial charge >= 0.3 is 0 Å². The molecule has 0 heterocycles. The Labute approximate surface area is 415 Å². The summed E-state index contributed by atoms with van der Waals surface area (Å²) in [5.74, 6) is 0. The highest BCUT2D eigenvalue weighted by Crippen LogP contribution is 2.55. The van der Waals surface area contributed by atoms with Crippen LogP contribution in [0.25, 0.3) is 77.5 Å². The minimum Gasteiger partial charge on any atom is -0.309 e. The average Bonchev–Trinajstić information content (AvgIpc) is 3.62. The summed E-state index contributed by atoms with van der Waals surface area (Å²) in [4.78, 5) is 2.56. The number of hydrogen-bond donors (Lipinski definition) is 0. The van der Waals surface area contributed by atoms with E-state index in [4.69, 9.17) is 0 Å². The van der Waals surface area contributed by atoms with Crippen molar-refractivity contribution in [2.45, 2.75) is 71.6 Å². The molecule has 1 aliphatic carbocycles. The van der Waals surface area contributed by atoms with E-state index in [1.807, 2.05) is 0 Å². The lowest BCUT2D eigenvalue weighted by Gasteiger charge is -2.32. The van der Waals surface area contributed by atoms with E-state index >= 15 is 0 Å². The average molecular weight is 904 g/mol. The Hall–Kier alpha value is -7.74. The van der Waals surface area contributed by atoms with Gasteiger partial charge < -0.3 is 4.90 Å². The molecule has 0 saturated carbocycles. The van der Waals surface area contributed by atoms with Gasteiger partial charge in [-0.1, -0.05) is 256 Å². The Bertz CT molecular complexity index is 3540. The quantitative estimate of drug-likeness (QED) is 0.147. The summed E-state index contributed by atoms with van der Waals surface area (Å²) in [6.07, 6.45) is 0. The van der Waals surface area contributed by atoms with Gasteiger partial charge in [0.25, 0.3) is 0 Å². The number of nitrogens with zero attached hydrogens (tertiary/aromatic N) is 1. The van der Waals surface area contributed by atoms with Crippen molar-refractivity contribution in [1.82, 2.24) is 0 Å². The summed E-state index contributed by atoms with van der Waals surface area (Å²) in [6, 6.07) is 83.9. The molecule has 0 aromatic heterocycles. The van der Waals surface area contributed by atoms with Gasteiger partial charge in [-0.15, -0.1) is 0 Å². The van der Waals surface area contributed by atoms with Gasteiger partial charge in [-0.3, -0.25) is 0 Å². The van der Waals surface area contributed by atoms with Crippen LogP contribution in [0.3, 0.4) is 0 Å². The largest absolute Gasteiger partial charge is 0.309 e. The fraction of sp³-hybridized carbons (Fsp3) is 0.159. The van der Waals surface area contributed by atoms with Gasteiger partial charge in [0.1, 0.15) is 0 Å². The first-order valence-electron chi connectivity index (χ1n) is 24.9. The van der Waals surface area contributed by atoms with Crippen molar-refractivity contribution >= 4 is 27.8 Å². The molecule has 1 nitrogen and oxygen atoms in total. The van der Waals surface area contributed by atoms with Crippen LogP contribution >= 0.6 is 0 Å². The number of anilines is 3. The summed E-state index contributed by atoms with van der Waals surface area (Å²) < 4.78 is 0. The zero-order valence-corrected chi connectivity index (χ0v) is 41.8. The van der Waals surface area contributed by atoms with Crippen molar-refractivity contribution < 1.29 is 0 Å². The first-order valence-corrected chi connectivity index (χ1v) is 24.9. The highest BCUT2D eigenvalue weighted by Gasteiger charge is 2.37. The second-order valence-electron chi connectivity index (χ2n) is 21.7. The molecule has 342 valence electrons. The molecule has 0 aliphatic heterocycles. The van der Waals surface area contributed by atoms with E-state index in [0.29, 0.717) is 0 Å². The Morgan fingerprint density at radius 2 is 0.786 bits per heavy atom. The molecule has 0 saturated heterocycles. The van der Waals surface area contributed by atoms with Crippen LogP contribution < -0.4 is 4.90 Å². The van der Waals surface area contributed by atoms with Crippen molar-refractivity contribution in [2.24, 2.45) is 0 Å². The van der Waals surface area contributed by atoms with Crippen LogP contribution in [-0.4, -0.2) is 0 Å². The molecule has 1 heteroatoms. The normalized spacial score (nSPS) is 13.0. The second kappa shape index (κ2) is 17.3. The third kappa shape index (κ3) is 7.84. The minimum atomic E-state index is -0.136. The third-order valence-electron chi connectivity index (χ3n) is 14.8. The summed E-state index contributed by atoms with van der Waals surface area (Å²) in [7, 11) is 0. The van der Waals surface area contributed by atoms with E-state index in [9.17, 15) is 0 Å². The van der Waals surface area contributed by atoms with Crippen molar-refractivity contribution in [3.63, 3.8) is 0 Å². The molecule has 0 fully saturated rings. The molecular weight excluding hydrogens is 843 g/mol. The van der Waals surface area contributed by atoms with E-state index in [0.717, 1.165) is 33.8 Å². The predicted octanol–water partition coefficient (Wildman–Crippen LogP) is 19.5. The highest BCUT2D eigenvalue weighted by atomic mass is 15.1. The Balaban J connectivity index is 1.22. The van der Waals surface area contributed by atoms with E-state index in [2.05, 4.69) is 285 Å². The number of rotatable bonds is 8. The Morgan fingerprint density at radius 3 is 1.41 bits per heavy atom. The first-order chi connectivity index (χ1) is 33.8. The zero-order valence-electron chi connectivity index (χ0n) is 41.8. The molecule has 0 bridgehead atoms. The van der Waals surface area contributed by atoms with Crippen molar-refractivity contribution in [2.75, 3.05) is 4.90 Å². The van der Waals surface area contributed by atoms with Crippen LogP contribution in [0, 0.1) is 0 Å². The number of benzene rings is 10. The second-order valence-corrected chi connectivity index (χ2v) is 21.7. The summed E-state index contributed by atoms with van der Waals surface area (Å²) >= 11 is 0. The fourth-order valence-electron chi connectivity index (χ4n) is 11.0. The molecule has 70 heavy (non-hydrogen) atoms. The van der Waals surface area contributed by atoms with E-state index < -0.39 is 0 Å². The number of fused-ring (bicyclic) bond motifs is 4. The van der Waals surface area contributed by atoms with Gasteiger partial charge in [0.15, 0.2) is 0 Å². The molecule has 0 atom stereocenters. The van der Waals surface area contributed by atoms with Gasteiger partial charge in [-0.25, -0.2) is 0 Å². The van der Waals surface area contributed by atoms with Crippen LogP contribution in [0.2, 0.25) is 0 Å². The SMILES string of the molecule is CC(C)(C)c1cc(-c2cccc3cccc(-c4ccccc4N(c4ccc(-c5ccccc5)cc4-c4ccccc4)c4ccccc4-c4cccc5c4-c4ccccc4C5(C)C)c23)cc(C(C)(C)C)c1. The molecule has 11 rings (SSSR count). The molecule has 10 aromatic carbocycles. The number of hydrogen-bond acceptors (Lipinski definition) is 1. The van der Waals surface area contributed by atoms with Crippen LogP contribution in [0.5, 0.6) is 0 Å². The monoisotopic (exact) mass is 903 g/mol. The first kappa shape index (κ1) is 44.7. The summed E-state index contributed by atoms with van der Waals surface area (Å²) in [5.41, 5.74) is 23.1. The highest BCUT2D eigenvalue weighted by molar-refractivity contribution is 6.10. The lowest BCUT2D eigenvalue weighted by Crippen LogP contribution is -2.16. The maximum atomic E-state index is 2.56. The van der Waals surface area contributed by atoms with Crippen molar-refractivity contribution in [1.29, 1.82) is 0 Å². The van der Waals surface area contributed by atoms with Gasteiger partial charge in [0.05, 0.1) is 17.1 Å². The predicted molar refractivity (Wildman–Crippen MR) is 301 cm³/mol. The van der Waals surface area contributed by atoms with Crippen LogP contribution in [0.1, 0.15) is 77.6 Å². The number of para-hydroxylation sites is 2. The maximum absolute atomic E-state index is 2.56. The van der Waals surface area contributed by atoms with E-state index in [1.165, 1.54) is 83.1 Å².